The van der Waals surface area contributed by atoms with Crippen LogP contribution in [0.2, 0.25) is 0 Å². The van der Waals surface area contributed by atoms with Gasteiger partial charge >= 0.3 is 27.0 Å². The number of hydrogen-bond donors (Lipinski definition) is 0. The van der Waals surface area contributed by atoms with Crippen LogP contribution in [0.1, 0.15) is 66.8 Å². The van der Waals surface area contributed by atoms with Gasteiger partial charge in [0, 0.05) is 22.7 Å². The summed E-state index contributed by atoms with van der Waals surface area (Å²) in [6.07, 6.45) is 8.57. The normalized spacial score (nSPS) is 13.1. The molecule has 7 heteroatoms. The van der Waals surface area contributed by atoms with Crippen molar-refractivity contribution >= 4 is 39.2 Å². The Bertz CT molecular complexity index is 1520. The van der Waals surface area contributed by atoms with E-state index in [0.717, 1.165) is 0 Å². The molecular weight excluding hydrogens is 725 g/mol. The second-order valence-corrected chi connectivity index (χ2v) is 13.4. The predicted molar refractivity (Wildman–Crippen MR) is 213 cm³/mol. The Labute approximate surface area is 316 Å². The third-order valence-corrected chi connectivity index (χ3v) is 8.85. The fourth-order valence-electron chi connectivity index (χ4n) is 7.56. The van der Waals surface area contributed by atoms with E-state index in [4.69, 9.17) is 4.79 Å². The molecule has 268 valence electrons. The van der Waals surface area contributed by atoms with Gasteiger partial charge in [0.25, 0.3) is 0 Å². The number of carbonyl (C=O) groups excluding carboxylic acids is 1. The molecule has 0 radical (unpaired) electrons. The van der Waals surface area contributed by atoms with Crippen LogP contribution in [0.4, 0.5) is 22.7 Å². The summed E-state index contributed by atoms with van der Waals surface area (Å²) >= 11 is 1.62. The van der Waals surface area contributed by atoms with Crippen molar-refractivity contribution in [1.29, 1.82) is 0 Å². The number of anilines is 4. The summed E-state index contributed by atoms with van der Waals surface area (Å²) < 4.78 is 0. The van der Waals surface area contributed by atoms with Gasteiger partial charge in [-0.05, 0) is 152 Å². The van der Waals surface area contributed by atoms with Crippen LogP contribution < -0.4 is 19.6 Å². The van der Waals surface area contributed by atoms with E-state index in [1.165, 1.54) is 89.5 Å². The summed E-state index contributed by atoms with van der Waals surface area (Å²) in [5.74, 6) is 0. The van der Waals surface area contributed by atoms with Crippen molar-refractivity contribution in [1.82, 2.24) is 0 Å². The molecule has 2 aliphatic rings. The van der Waals surface area contributed by atoms with E-state index >= 15 is 0 Å². The Kier molecular flexibility index (Phi) is 14.5. The van der Waals surface area contributed by atoms with Gasteiger partial charge in [0.2, 0.25) is 0 Å². The Morgan fingerprint density at radius 3 is 0.660 bits per heavy atom. The van der Waals surface area contributed by atoms with E-state index in [2.05, 4.69) is 206 Å². The van der Waals surface area contributed by atoms with Crippen LogP contribution in [-0.2, 0) is 22.1 Å². The Morgan fingerprint density at radius 1 is 0.380 bits per heavy atom. The van der Waals surface area contributed by atoms with Crippen molar-refractivity contribution in [2.45, 2.75) is 83.1 Å². The summed E-state index contributed by atoms with van der Waals surface area (Å²) in [7, 11) is 4.61. The zero-order valence-electron chi connectivity index (χ0n) is 31.6. The fourth-order valence-corrected chi connectivity index (χ4v) is 7.56. The summed E-state index contributed by atoms with van der Waals surface area (Å²) in [4.78, 5) is 16.7. The molecular formula is C43H52ClN4ORu-3. The van der Waals surface area contributed by atoms with Gasteiger partial charge in [0.05, 0.1) is 0 Å². The van der Waals surface area contributed by atoms with Crippen LogP contribution in [0, 0.1) is 96.4 Å². The van der Waals surface area contributed by atoms with Gasteiger partial charge in [-0.2, -0.15) is 0 Å². The molecule has 50 heavy (non-hydrogen) atoms. The van der Waals surface area contributed by atoms with Gasteiger partial charge in [0.15, 0.2) is 0 Å². The van der Waals surface area contributed by atoms with Gasteiger partial charge in [-0.15, -0.1) is 13.3 Å². The van der Waals surface area contributed by atoms with Crippen LogP contribution >= 0.6 is 9.69 Å². The predicted octanol–water partition coefficient (Wildman–Crippen LogP) is 11.1. The second kappa shape index (κ2) is 17.9. The summed E-state index contributed by atoms with van der Waals surface area (Å²) in [5, 5.41) is 0. The average Bonchev–Trinajstić information content (AvgIpc) is 3.68. The first-order valence-electron chi connectivity index (χ1n) is 16.6. The van der Waals surface area contributed by atoms with E-state index in [1.54, 1.807) is 17.3 Å². The molecule has 4 aromatic carbocycles. The van der Waals surface area contributed by atoms with Crippen molar-refractivity contribution in [3.05, 3.63) is 153 Å². The molecule has 4 aromatic rings. The molecule has 5 nitrogen and oxygen atoms in total. The van der Waals surface area contributed by atoms with Crippen molar-refractivity contribution in [2.24, 2.45) is 0 Å². The molecule has 6 rings (SSSR count). The van der Waals surface area contributed by atoms with Crippen LogP contribution in [0.25, 0.3) is 0 Å². The first-order valence-corrected chi connectivity index (χ1v) is 19.0. The number of rotatable bonds is 4. The van der Waals surface area contributed by atoms with E-state index in [0.29, 0.717) is 0 Å². The fraction of sp³-hybridized carbons (Fsp3) is 0.279. The van der Waals surface area contributed by atoms with Crippen molar-refractivity contribution < 1.29 is 22.1 Å². The second-order valence-electron chi connectivity index (χ2n) is 13.4. The van der Waals surface area contributed by atoms with Crippen LogP contribution in [0.15, 0.2) is 73.3 Å². The molecule has 0 atom stereocenters. The molecule has 2 aliphatic heterocycles. The number of benzene rings is 4. The van der Waals surface area contributed by atoms with Gasteiger partial charge < -0.3 is 24.4 Å². The van der Waals surface area contributed by atoms with Crippen molar-refractivity contribution in [3.8, 4) is 0 Å². The number of nitrogens with zero attached hydrogens (tertiary/aromatic N) is 4. The molecule has 0 unspecified atom stereocenters. The van der Waals surface area contributed by atoms with Crippen LogP contribution in [-0.4, -0.2) is 6.79 Å². The van der Waals surface area contributed by atoms with E-state index < -0.39 is 0 Å². The molecule has 0 saturated carbocycles. The van der Waals surface area contributed by atoms with E-state index in [-0.39, 0.29) is 0 Å². The zero-order chi connectivity index (χ0) is 37.4. The Morgan fingerprint density at radius 2 is 0.520 bits per heavy atom. The van der Waals surface area contributed by atoms with E-state index in [9.17, 15) is 0 Å². The molecule has 0 aliphatic carbocycles. The number of aryl methyl sites for hydroxylation is 12. The SMILES string of the molecule is Cc1cc(C)c(N2C=CN(c3c(C)cc(C)cc3C)[CH-]2)c(C)c1.Cc1cc(C)c(N2C=CN(c3c(C)cc(C)cc3C)[CH-]2)c(C)c1.[CH-]=O.[Cl][RuH]. The third kappa shape index (κ3) is 9.27. The topological polar surface area (TPSA) is 30.0 Å². The van der Waals surface area contributed by atoms with E-state index in [1.807, 2.05) is 0 Å². The van der Waals surface area contributed by atoms with Crippen molar-refractivity contribution in [2.75, 3.05) is 19.6 Å². The van der Waals surface area contributed by atoms with Crippen LogP contribution in [0.3, 0.4) is 0 Å². The maximum absolute atomic E-state index is 7.75. The molecule has 0 N–H and O–H groups in total. The molecule has 0 spiro atoms. The average molecular weight is 777 g/mol. The number of hydrogen-bond acceptors (Lipinski definition) is 5. The van der Waals surface area contributed by atoms with Crippen molar-refractivity contribution in [3.63, 3.8) is 0 Å². The first kappa shape index (κ1) is 40.6. The minimum absolute atomic E-state index is 1.27. The van der Waals surface area contributed by atoms with Gasteiger partial charge in [-0.25, -0.2) is 0 Å². The minimum atomic E-state index is 1.27. The first-order chi connectivity index (χ1) is 23.7. The number of halogens is 1. The molecule has 0 aromatic heterocycles. The third-order valence-electron chi connectivity index (χ3n) is 8.85. The van der Waals surface area contributed by atoms with Gasteiger partial charge in [-0.1, -0.05) is 70.8 Å². The molecule has 0 amide bonds. The summed E-state index contributed by atoms with van der Waals surface area (Å²) in [5.41, 5.74) is 20.8. The molecule has 0 fully saturated rings. The molecule has 0 saturated heterocycles. The summed E-state index contributed by atoms with van der Waals surface area (Å²) in [6, 6.07) is 18.0. The standard InChI is InChI=1S/2C21H25N2.CHO.ClH.Ru.H/c2*1-14-9-16(3)20(17(4)10-14)22-7-8-23(13-22)21-18(5)11-15(2)12-19(21)6;1-2;;;/h2*7-13H,1-6H3;1H;1H;;/q3*-1;;+1;/p-1. The molecule has 0 bridgehead atoms. The Hall–Kier alpha value is -3.86. The quantitative estimate of drug-likeness (QED) is 0.117. The maximum atomic E-state index is 7.75. The van der Waals surface area contributed by atoms with Gasteiger partial charge in [0.1, 0.15) is 0 Å². The zero-order valence-corrected chi connectivity index (χ0v) is 34.2. The Balaban J connectivity index is 0.000000246. The monoisotopic (exact) mass is 777 g/mol. The summed E-state index contributed by atoms with van der Waals surface area (Å²) in [6.45, 7) is 33.7. The van der Waals surface area contributed by atoms with Gasteiger partial charge in [-0.3, -0.25) is 6.79 Å². The van der Waals surface area contributed by atoms with Crippen LogP contribution in [0.5, 0.6) is 0 Å². The molecule has 2 heterocycles.